The number of nitrogens with zero attached hydrogens (tertiary/aromatic N) is 2. The first-order chi connectivity index (χ1) is 9.87. The molecule has 1 N–H and O–H groups in total. The zero-order valence-electron chi connectivity index (χ0n) is 11.5. The molecule has 0 bridgehead atoms. The van der Waals surface area contributed by atoms with E-state index in [1.165, 1.54) is 28.9 Å². The third kappa shape index (κ3) is 2.76. The van der Waals surface area contributed by atoms with Crippen LogP contribution in [0, 0.1) is 0 Å². The van der Waals surface area contributed by atoms with Gasteiger partial charge in [0, 0.05) is 34.5 Å². The normalized spacial score (nSPS) is 21.1. The fourth-order valence-electron chi connectivity index (χ4n) is 2.71. The molecular weight excluding hydrogens is 266 g/mol. The predicted molar refractivity (Wildman–Crippen MR) is 81.9 cm³/mol. The van der Waals surface area contributed by atoms with Gasteiger partial charge in [0.25, 0.3) is 0 Å². The number of hydrogen-bond acceptors (Lipinski definition) is 3. The van der Waals surface area contributed by atoms with Gasteiger partial charge in [-0.25, -0.2) is 0 Å². The van der Waals surface area contributed by atoms with Crippen LogP contribution in [-0.2, 0) is 19.5 Å². The van der Waals surface area contributed by atoms with Crippen LogP contribution in [0.25, 0.3) is 0 Å². The van der Waals surface area contributed by atoms with E-state index in [0.717, 1.165) is 25.6 Å². The van der Waals surface area contributed by atoms with Gasteiger partial charge in [-0.3, -0.25) is 4.68 Å². The third-order valence-corrected chi connectivity index (χ3v) is 5.26. The van der Waals surface area contributed by atoms with Gasteiger partial charge in [0.15, 0.2) is 0 Å². The van der Waals surface area contributed by atoms with Gasteiger partial charge in [-0.2, -0.15) is 5.10 Å². The SMILES string of the molecule is c1ccc2c(c1)CC(Cn1cc(CNC3CC3)cn1)S2. The maximum atomic E-state index is 4.50. The highest BCUT2D eigenvalue weighted by Gasteiger charge is 2.23. The molecule has 20 heavy (non-hydrogen) atoms. The van der Waals surface area contributed by atoms with Crippen LogP contribution in [0.4, 0.5) is 0 Å². The van der Waals surface area contributed by atoms with E-state index in [2.05, 4.69) is 45.6 Å². The summed E-state index contributed by atoms with van der Waals surface area (Å²) in [5, 5.41) is 8.66. The number of benzene rings is 1. The Bertz CT molecular complexity index is 578. The van der Waals surface area contributed by atoms with Crippen molar-refractivity contribution in [3.63, 3.8) is 0 Å². The van der Waals surface area contributed by atoms with E-state index in [1.807, 2.05) is 18.0 Å². The summed E-state index contributed by atoms with van der Waals surface area (Å²) >= 11 is 1.99. The molecule has 0 radical (unpaired) electrons. The van der Waals surface area contributed by atoms with Crippen LogP contribution in [0.1, 0.15) is 24.0 Å². The van der Waals surface area contributed by atoms with E-state index >= 15 is 0 Å². The quantitative estimate of drug-likeness (QED) is 0.916. The molecule has 3 nitrogen and oxygen atoms in total. The smallest absolute Gasteiger partial charge is 0.0534 e. The Labute approximate surface area is 123 Å². The largest absolute Gasteiger partial charge is 0.310 e. The molecule has 0 amide bonds. The highest BCUT2D eigenvalue weighted by molar-refractivity contribution is 8.00. The Balaban J connectivity index is 1.35. The van der Waals surface area contributed by atoms with Gasteiger partial charge in [0.05, 0.1) is 12.7 Å². The van der Waals surface area contributed by atoms with Crippen molar-refractivity contribution in [1.82, 2.24) is 15.1 Å². The van der Waals surface area contributed by atoms with Gasteiger partial charge >= 0.3 is 0 Å². The number of fused-ring (bicyclic) bond motifs is 1. The molecule has 1 aliphatic carbocycles. The van der Waals surface area contributed by atoms with Gasteiger partial charge < -0.3 is 5.32 Å². The molecule has 0 spiro atoms. The molecule has 2 aromatic rings. The molecule has 2 heterocycles. The minimum absolute atomic E-state index is 0.622. The lowest BCUT2D eigenvalue weighted by Gasteiger charge is -2.08. The molecule has 1 aromatic carbocycles. The van der Waals surface area contributed by atoms with E-state index in [0.29, 0.717) is 5.25 Å². The van der Waals surface area contributed by atoms with Gasteiger partial charge in [-0.05, 0) is 30.9 Å². The average Bonchev–Trinajstić information content (AvgIpc) is 3.04. The van der Waals surface area contributed by atoms with Crippen LogP contribution in [-0.4, -0.2) is 21.1 Å². The number of nitrogens with one attached hydrogen (secondary N) is 1. The Morgan fingerprint density at radius 2 is 2.20 bits per heavy atom. The molecule has 1 aliphatic heterocycles. The van der Waals surface area contributed by atoms with Crippen LogP contribution in [0.3, 0.4) is 0 Å². The second kappa shape index (κ2) is 5.26. The standard InChI is InChI=1S/C16H19N3S/c1-2-4-16-13(3-1)7-15(20-16)11-19-10-12(9-18-19)8-17-14-5-6-14/h1-4,9-10,14-15,17H,5-8,11H2. The van der Waals surface area contributed by atoms with Gasteiger partial charge in [-0.1, -0.05) is 18.2 Å². The molecular formula is C16H19N3S. The van der Waals surface area contributed by atoms with Crippen molar-refractivity contribution in [1.29, 1.82) is 0 Å². The Morgan fingerprint density at radius 1 is 1.30 bits per heavy atom. The molecule has 1 atom stereocenters. The van der Waals surface area contributed by atoms with Crippen molar-refractivity contribution in [3.05, 3.63) is 47.8 Å². The van der Waals surface area contributed by atoms with Crippen LogP contribution < -0.4 is 5.32 Å². The van der Waals surface area contributed by atoms with Crippen molar-refractivity contribution in [2.75, 3.05) is 0 Å². The van der Waals surface area contributed by atoms with E-state index in [9.17, 15) is 0 Å². The molecule has 1 saturated carbocycles. The van der Waals surface area contributed by atoms with Crippen molar-refractivity contribution < 1.29 is 0 Å². The summed E-state index contributed by atoms with van der Waals surface area (Å²) < 4.78 is 2.10. The fourth-order valence-corrected chi connectivity index (χ4v) is 4.02. The van der Waals surface area contributed by atoms with E-state index < -0.39 is 0 Å². The van der Waals surface area contributed by atoms with E-state index in [-0.39, 0.29) is 0 Å². The van der Waals surface area contributed by atoms with Gasteiger partial charge in [0.2, 0.25) is 0 Å². The molecule has 104 valence electrons. The lowest BCUT2D eigenvalue weighted by molar-refractivity contribution is 0.593. The lowest BCUT2D eigenvalue weighted by Crippen LogP contribution is -2.15. The lowest BCUT2D eigenvalue weighted by atomic mass is 10.1. The average molecular weight is 285 g/mol. The highest BCUT2D eigenvalue weighted by Crippen LogP contribution is 2.37. The molecule has 4 heteroatoms. The fraction of sp³-hybridized carbons (Fsp3) is 0.438. The van der Waals surface area contributed by atoms with Crippen molar-refractivity contribution in [2.24, 2.45) is 0 Å². The minimum atomic E-state index is 0.622. The monoisotopic (exact) mass is 285 g/mol. The van der Waals surface area contributed by atoms with Crippen LogP contribution in [0.15, 0.2) is 41.6 Å². The van der Waals surface area contributed by atoms with Crippen molar-refractivity contribution >= 4 is 11.8 Å². The van der Waals surface area contributed by atoms with Gasteiger partial charge in [-0.15, -0.1) is 11.8 Å². The Morgan fingerprint density at radius 3 is 3.05 bits per heavy atom. The van der Waals surface area contributed by atoms with Crippen molar-refractivity contribution in [2.45, 2.75) is 48.5 Å². The second-order valence-corrected chi connectivity index (χ2v) is 7.12. The summed E-state index contributed by atoms with van der Waals surface area (Å²) in [6.07, 6.45) is 8.04. The molecule has 4 rings (SSSR count). The molecule has 1 unspecified atom stereocenters. The second-order valence-electron chi connectivity index (χ2n) is 5.78. The van der Waals surface area contributed by atoms with E-state index in [1.54, 1.807) is 0 Å². The topological polar surface area (TPSA) is 29.9 Å². The molecule has 1 aromatic heterocycles. The third-order valence-electron chi connectivity index (χ3n) is 3.96. The summed E-state index contributed by atoms with van der Waals surface area (Å²) in [6.45, 7) is 1.96. The minimum Gasteiger partial charge on any atom is -0.310 e. The Kier molecular flexibility index (Phi) is 3.28. The maximum absolute atomic E-state index is 4.50. The van der Waals surface area contributed by atoms with Gasteiger partial charge in [0.1, 0.15) is 0 Å². The Hall–Kier alpha value is -1.26. The number of hydrogen-bond donors (Lipinski definition) is 1. The van der Waals surface area contributed by atoms with Crippen LogP contribution in [0.2, 0.25) is 0 Å². The molecule has 0 saturated heterocycles. The summed E-state index contributed by atoms with van der Waals surface area (Å²) in [7, 11) is 0. The summed E-state index contributed by atoms with van der Waals surface area (Å²) in [5.74, 6) is 0. The van der Waals surface area contributed by atoms with E-state index in [4.69, 9.17) is 0 Å². The maximum Gasteiger partial charge on any atom is 0.0534 e. The van der Waals surface area contributed by atoms with Crippen LogP contribution >= 0.6 is 11.8 Å². The molecule has 2 aliphatic rings. The summed E-state index contributed by atoms with van der Waals surface area (Å²) in [5.41, 5.74) is 2.79. The zero-order valence-corrected chi connectivity index (χ0v) is 12.3. The van der Waals surface area contributed by atoms with Crippen LogP contribution in [0.5, 0.6) is 0 Å². The predicted octanol–water partition coefficient (Wildman–Crippen LogP) is 2.85. The summed E-state index contributed by atoms with van der Waals surface area (Å²) in [6, 6.07) is 9.50. The molecule has 1 fully saturated rings. The first-order valence-corrected chi connectivity index (χ1v) is 8.24. The van der Waals surface area contributed by atoms with Crippen molar-refractivity contribution in [3.8, 4) is 0 Å². The first-order valence-electron chi connectivity index (χ1n) is 7.36. The summed E-state index contributed by atoms with van der Waals surface area (Å²) in [4.78, 5) is 1.44. The zero-order chi connectivity index (χ0) is 13.4. The number of rotatable bonds is 5. The number of thioether (sulfide) groups is 1. The number of aromatic nitrogens is 2. The first kappa shape index (κ1) is 12.5. The highest BCUT2D eigenvalue weighted by atomic mass is 32.2.